The molecule has 2 aromatic rings. The van der Waals surface area contributed by atoms with Crippen molar-refractivity contribution in [3.05, 3.63) is 30.4 Å². The summed E-state index contributed by atoms with van der Waals surface area (Å²) in [4.78, 5) is 4.59. The van der Waals surface area contributed by atoms with E-state index in [1.165, 1.54) is 43.3 Å². The van der Waals surface area contributed by atoms with Crippen molar-refractivity contribution in [2.75, 3.05) is 0 Å². The monoisotopic (exact) mass is 245 g/mol. The predicted octanol–water partition coefficient (Wildman–Crippen LogP) is 4.19. The maximum atomic E-state index is 4.59. The lowest BCUT2D eigenvalue weighted by Crippen LogP contribution is -2.03. The van der Waals surface area contributed by atoms with Crippen LogP contribution in [-0.4, -0.2) is 14.6 Å². The van der Waals surface area contributed by atoms with Gasteiger partial charge in [-0.15, -0.1) is 0 Å². The zero-order valence-electron chi connectivity index (χ0n) is 11.5. The Bertz CT molecular complexity index is 475. The fraction of sp³-hybridized carbons (Fsp3) is 0.600. The van der Waals surface area contributed by atoms with Crippen LogP contribution in [0, 0.1) is 0 Å². The normalized spacial score (nSPS) is 13.0. The van der Waals surface area contributed by atoms with Crippen LogP contribution < -0.4 is 0 Å². The van der Waals surface area contributed by atoms with Gasteiger partial charge in [0.1, 0.15) is 0 Å². The second-order valence-electron chi connectivity index (χ2n) is 4.93. The Morgan fingerprint density at radius 3 is 2.83 bits per heavy atom. The maximum absolute atomic E-state index is 4.59. The lowest BCUT2D eigenvalue weighted by atomic mass is 9.94. The largest absolute Gasteiger partial charge is 0.257 e. The van der Waals surface area contributed by atoms with Crippen LogP contribution in [0.4, 0.5) is 0 Å². The highest BCUT2D eigenvalue weighted by Gasteiger charge is 2.14. The Balaban J connectivity index is 2.09. The second-order valence-corrected chi connectivity index (χ2v) is 4.93. The molecule has 3 heteroatoms. The van der Waals surface area contributed by atoms with Crippen molar-refractivity contribution in [2.24, 2.45) is 0 Å². The third kappa shape index (κ3) is 2.89. The molecule has 0 aliphatic heterocycles. The summed E-state index contributed by atoms with van der Waals surface area (Å²) in [6.45, 7) is 4.51. The van der Waals surface area contributed by atoms with Crippen LogP contribution in [0.15, 0.2) is 24.7 Å². The SMILES string of the molecule is CCCCCCC(CC)c1nccn2nccc12. The number of rotatable bonds is 7. The van der Waals surface area contributed by atoms with E-state index in [1.54, 1.807) is 0 Å². The molecular weight excluding hydrogens is 222 g/mol. The molecule has 0 aliphatic rings. The van der Waals surface area contributed by atoms with Gasteiger partial charge < -0.3 is 0 Å². The molecule has 1 atom stereocenters. The molecular formula is C15H23N3. The van der Waals surface area contributed by atoms with Crippen molar-refractivity contribution >= 4 is 5.52 Å². The van der Waals surface area contributed by atoms with Gasteiger partial charge in [0.25, 0.3) is 0 Å². The van der Waals surface area contributed by atoms with Gasteiger partial charge in [0.15, 0.2) is 0 Å². The molecule has 0 spiro atoms. The van der Waals surface area contributed by atoms with E-state index >= 15 is 0 Å². The lowest BCUT2D eigenvalue weighted by molar-refractivity contribution is 0.534. The molecule has 2 heterocycles. The molecule has 0 fully saturated rings. The number of hydrogen-bond acceptors (Lipinski definition) is 2. The molecule has 0 amide bonds. The van der Waals surface area contributed by atoms with Crippen LogP contribution >= 0.6 is 0 Å². The van der Waals surface area contributed by atoms with Crippen LogP contribution in [0.2, 0.25) is 0 Å². The van der Waals surface area contributed by atoms with Crippen molar-refractivity contribution in [1.29, 1.82) is 0 Å². The fourth-order valence-electron chi connectivity index (χ4n) is 2.55. The first kappa shape index (κ1) is 13.1. The zero-order chi connectivity index (χ0) is 12.8. The van der Waals surface area contributed by atoms with E-state index in [4.69, 9.17) is 0 Å². The molecule has 0 saturated heterocycles. The van der Waals surface area contributed by atoms with Crippen molar-refractivity contribution in [2.45, 2.75) is 58.3 Å². The van der Waals surface area contributed by atoms with Crippen molar-refractivity contribution in [1.82, 2.24) is 14.6 Å². The molecule has 3 nitrogen and oxygen atoms in total. The van der Waals surface area contributed by atoms with E-state index in [9.17, 15) is 0 Å². The molecule has 18 heavy (non-hydrogen) atoms. The number of nitrogens with zero attached hydrogens (tertiary/aromatic N) is 3. The first-order chi connectivity index (χ1) is 8.86. The number of aromatic nitrogens is 3. The van der Waals surface area contributed by atoms with Gasteiger partial charge in [-0.1, -0.05) is 39.5 Å². The van der Waals surface area contributed by atoms with Crippen LogP contribution in [0.1, 0.15) is 64.0 Å². The average Bonchev–Trinajstić information content (AvgIpc) is 2.87. The first-order valence-corrected chi connectivity index (χ1v) is 7.15. The van der Waals surface area contributed by atoms with Crippen LogP contribution in [-0.2, 0) is 0 Å². The summed E-state index contributed by atoms with van der Waals surface area (Å²) < 4.78 is 1.93. The van der Waals surface area contributed by atoms with Gasteiger partial charge in [0.2, 0.25) is 0 Å². The van der Waals surface area contributed by atoms with Crippen molar-refractivity contribution in [3.63, 3.8) is 0 Å². The molecule has 98 valence electrons. The van der Waals surface area contributed by atoms with Crippen molar-refractivity contribution in [3.8, 4) is 0 Å². The summed E-state index contributed by atoms with van der Waals surface area (Å²) in [6.07, 6.45) is 13.3. The molecule has 0 bridgehead atoms. The molecule has 1 unspecified atom stereocenters. The highest BCUT2D eigenvalue weighted by atomic mass is 15.2. The van der Waals surface area contributed by atoms with Gasteiger partial charge >= 0.3 is 0 Å². The summed E-state index contributed by atoms with van der Waals surface area (Å²) in [5, 5.41) is 4.28. The summed E-state index contributed by atoms with van der Waals surface area (Å²) in [6, 6.07) is 2.07. The Morgan fingerprint density at radius 2 is 2.06 bits per heavy atom. The second kappa shape index (κ2) is 6.53. The summed E-state index contributed by atoms with van der Waals surface area (Å²) in [7, 11) is 0. The van der Waals surface area contributed by atoms with E-state index in [1.807, 2.05) is 23.1 Å². The van der Waals surface area contributed by atoms with E-state index in [0.717, 1.165) is 6.42 Å². The Morgan fingerprint density at radius 1 is 1.17 bits per heavy atom. The van der Waals surface area contributed by atoms with E-state index in [0.29, 0.717) is 5.92 Å². The molecule has 0 N–H and O–H groups in total. The number of unbranched alkanes of at least 4 members (excludes halogenated alkanes) is 3. The summed E-state index contributed by atoms with van der Waals surface area (Å²) in [5.74, 6) is 0.572. The van der Waals surface area contributed by atoms with Crippen molar-refractivity contribution < 1.29 is 0 Å². The smallest absolute Gasteiger partial charge is 0.0879 e. The van der Waals surface area contributed by atoms with E-state index in [2.05, 4.69) is 30.0 Å². The summed E-state index contributed by atoms with van der Waals surface area (Å²) >= 11 is 0. The summed E-state index contributed by atoms with van der Waals surface area (Å²) in [5.41, 5.74) is 2.38. The molecule has 0 radical (unpaired) electrons. The predicted molar refractivity (Wildman–Crippen MR) is 74.8 cm³/mol. The van der Waals surface area contributed by atoms with E-state index in [-0.39, 0.29) is 0 Å². The first-order valence-electron chi connectivity index (χ1n) is 7.15. The minimum atomic E-state index is 0.572. The molecule has 2 rings (SSSR count). The fourth-order valence-corrected chi connectivity index (χ4v) is 2.55. The number of fused-ring (bicyclic) bond motifs is 1. The van der Waals surface area contributed by atoms with E-state index < -0.39 is 0 Å². The zero-order valence-corrected chi connectivity index (χ0v) is 11.5. The van der Waals surface area contributed by atoms with Crippen LogP contribution in [0.5, 0.6) is 0 Å². The van der Waals surface area contributed by atoms with Gasteiger partial charge in [0, 0.05) is 18.3 Å². The average molecular weight is 245 g/mol. The molecule has 2 aromatic heterocycles. The van der Waals surface area contributed by atoms with Crippen LogP contribution in [0.3, 0.4) is 0 Å². The standard InChI is InChI=1S/C15H23N3/c1-3-5-6-7-8-13(4-2)15-14-9-10-17-18(14)12-11-16-15/h9-13H,3-8H2,1-2H3. The van der Waals surface area contributed by atoms with Gasteiger partial charge in [-0.25, -0.2) is 4.52 Å². The third-order valence-corrected chi connectivity index (χ3v) is 3.64. The van der Waals surface area contributed by atoms with Gasteiger partial charge in [-0.2, -0.15) is 5.10 Å². The van der Waals surface area contributed by atoms with Gasteiger partial charge in [0.05, 0.1) is 17.4 Å². The Labute approximate surface area is 109 Å². The molecule has 0 aliphatic carbocycles. The van der Waals surface area contributed by atoms with Gasteiger partial charge in [-0.05, 0) is 18.9 Å². The minimum Gasteiger partial charge on any atom is -0.257 e. The highest BCUT2D eigenvalue weighted by Crippen LogP contribution is 2.27. The molecule has 0 aromatic carbocycles. The topological polar surface area (TPSA) is 30.2 Å². The van der Waals surface area contributed by atoms with Crippen LogP contribution in [0.25, 0.3) is 5.52 Å². The molecule has 0 saturated carbocycles. The highest BCUT2D eigenvalue weighted by molar-refractivity contribution is 5.51. The number of hydrogen-bond donors (Lipinski definition) is 0. The lowest BCUT2D eigenvalue weighted by Gasteiger charge is -2.15. The Hall–Kier alpha value is -1.38. The third-order valence-electron chi connectivity index (χ3n) is 3.64. The van der Waals surface area contributed by atoms with Gasteiger partial charge in [-0.3, -0.25) is 4.98 Å². The maximum Gasteiger partial charge on any atom is 0.0879 e. The Kier molecular flexibility index (Phi) is 4.73. The quantitative estimate of drug-likeness (QED) is 0.684. The minimum absolute atomic E-state index is 0.572.